The van der Waals surface area contributed by atoms with Gasteiger partial charge >= 0.3 is 6.03 Å². The summed E-state index contributed by atoms with van der Waals surface area (Å²) in [7, 11) is 0. The molecule has 0 aromatic carbocycles. The molecule has 0 saturated carbocycles. The minimum absolute atomic E-state index is 0.124. The van der Waals surface area contributed by atoms with Crippen LogP contribution in [0.5, 0.6) is 0 Å². The van der Waals surface area contributed by atoms with Crippen LogP contribution in [-0.2, 0) is 0 Å². The fourth-order valence-corrected chi connectivity index (χ4v) is 0.864. The molecule has 1 rings (SSSR count). The number of halogens is 1. The van der Waals surface area contributed by atoms with Gasteiger partial charge in [-0.1, -0.05) is 0 Å². The van der Waals surface area contributed by atoms with E-state index in [1.807, 2.05) is 0 Å². The van der Waals surface area contributed by atoms with E-state index in [1.165, 1.54) is 13.0 Å². The minimum atomic E-state index is -1.02. The average molecular weight is 188 g/mol. The van der Waals surface area contributed by atoms with Crippen molar-refractivity contribution >= 4 is 6.03 Å². The summed E-state index contributed by atoms with van der Waals surface area (Å²) < 4.78 is 16.9. The summed E-state index contributed by atoms with van der Waals surface area (Å²) in [6.07, 6.45) is 0. The molecule has 72 valence electrons. The molecule has 1 unspecified atom stereocenters. The molecule has 0 spiro atoms. The van der Waals surface area contributed by atoms with Gasteiger partial charge in [-0.2, -0.15) is 9.45 Å². The van der Waals surface area contributed by atoms with Gasteiger partial charge < -0.3 is 10.2 Å². The van der Waals surface area contributed by atoms with Gasteiger partial charge in [0.2, 0.25) is 0 Å². The zero-order chi connectivity index (χ0) is 10.0. The Kier molecular flexibility index (Phi) is 2.52. The van der Waals surface area contributed by atoms with E-state index in [2.05, 4.69) is 4.42 Å². The summed E-state index contributed by atoms with van der Waals surface area (Å²) >= 11 is 0. The Hall–Kier alpha value is -1.56. The molecule has 0 aliphatic rings. The number of hydrogen-bond acceptors (Lipinski definition) is 3. The largest absolute Gasteiger partial charge is 0.434 e. The number of carbonyl (C=O) groups excluding carboxylic acids is 1. The van der Waals surface area contributed by atoms with Gasteiger partial charge in [-0.15, -0.1) is 0 Å². The first-order valence-electron chi connectivity index (χ1n) is 3.55. The Morgan fingerprint density at radius 2 is 2.38 bits per heavy atom. The highest BCUT2D eigenvalue weighted by molar-refractivity contribution is 5.70. The van der Waals surface area contributed by atoms with E-state index >= 15 is 0 Å². The highest BCUT2D eigenvalue weighted by atomic mass is 19.1. The van der Waals surface area contributed by atoms with Crippen LogP contribution in [0.4, 0.5) is 9.18 Å². The number of nitrogens with zero attached hydrogens (tertiary/aromatic N) is 1. The number of amides is 2. The van der Waals surface area contributed by atoms with Gasteiger partial charge in [-0.25, -0.2) is 4.79 Å². The van der Waals surface area contributed by atoms with E-state index in [0.29, 0.717) is 0 Å². The van der Waals surface area contributed by atoms with E-state index in [-0.39, 0.29) is 10.8 Å². The van der Waals surface area contributed by atoms with Crippen LogP contribution >= 0.6 is 0 Å². The maximum Gasteiger partial charge on any atom is 0.339 e. The quantitative estimate of drug-likeness (QED) is 0.541. The Bertz CT molecular complexity index is 312. The summed E-state index contributed by atoms with van der Waals surface area (Å²) in [5.74, 6) is 0.124. The van der Waals surface area contributed by atoms with Crippen LogP contribution < -0.4 is 5.73 Å². The van der Waals surface area contributed by atoms with Gasteiger partial charge in [0.15, 0.2) is 0 Å². The monoisotopic (exact) mass is 188 g/mol. The lowest BCUT2D eigenvalue weighted by Crippen LogP contribution is -2.34. The summed E-state index contributed by atoms with van der Waals surface area (Å²) in [6.45, 7) is 1.45. The molecule has 0 aliphatic heterocycles. The molecule has 2 amide bonds. The van der Waals surface area contributed by atoms with Crippen molar-refractivity contribution in [2.24, 2.45) is 5.73 Å². The van der Waals surface area contributed by atoms with Crippen molar-refractivity contribution in [3.63, 3.8) is 0 Å². The molecule has 1 aromatic heterocycles. The number of furan rings is 1. The molecule has 0 aliphatic carbocycles. The second kappa shape index (κ2) is 3.44. The first-order valence-corrected chi connectivity index (χ1v) is 3.55. The number of primary amides is 1. The predicted octanol–water partition coefficient (Wildman–Crippen LogP) is 1.25. The first-order chi connectivity index (χ1) is 6.02. The normalized spacial score (nSPS) is 12.5. The molecule has 0 radical (unpaired) electrons. The molecular formula is C7H9FN2O3. The van der Waals surface area contributed by atoms with Crippen LogP contribution in [-0.4, -0.2) is 16.3 Å². The van der Waals surface area contributed by atoms with Crippen LogP contribution in [0.25, 0.3) is 0 Å². The van der Waals surface area contributed by atoms with Gasteiger partial charge in [0.1, 0.15) is 11.8 Å². The fourth-order valence-electron chi connectivity index (χ4n) is 0.864. The third kappa shape index (κ3) is 1.97. The Morgan fingerprint density at radius 1 is 1.77 bits per heavy atom. The molecule has 1 heterocycles. The summed E-state index contributed by atoms with van der Waals surface area (Å²) in [5, 5.41) is 9.30. The SMILES string of the molecule is CC(c1ccc(F)o1)N(O)C(N)=O. The van der Waals surface area contributed by atoms with Crippen LogP contribution in [0.2, 0.25) is 0 Å². The third-order valence-corrected chi connectivity index (χ3v) is 1.60. The predicted molar refractivity (Wildman–Crippen MR) is 40.3 cm³/mol. The lowest BCUT2D eigenvalue weighted by atomic mass is 10.2. The molecule has 0 bridgehead atoms. The van der Waals surface area contributed by atoms with Crippen molar-refractivity contribution in [2.75, 3.05) is 0 Å². The average Bonchev–Trinajstić information content (AvgIpc) is 2.49. The smallest absolute Gasteiger partial charge is 0.339 e. The van der Waals surface area contributed by atoms with Crippen LogP contribution in [0.3, 0.4) is 0 Å². The molecule has 1 aromatic rings. The highest BCUT2D eigenvalue weighted by Crippen LogP contribution is 2.19. The van der Waals surface area contributed by atoms with Crippen molar-refractivity contribution in [1.82, 2.24) is 5.06 Å². The number of nitrogens with two attached hydrogens (primary N) is 1. The minimum Gasteiger partial charge on any atom is -0.434 e. The zero-order valence-electron chi connectivity index (χ0n) is 6.90. The molecular weight excluding hydrogens is 179 g/mol. The molecule has 1 atom stereocenters. The van der Waals surface area contributed by atoms with Gasteiger partial charge in [-0.05, 0) is 13.0 Å². The topological polar surface area (TPSA) is 79.7 Å². The molecule has 13 heavy (non-hydrogen) atoms. The number of hydroxylamine groups is 2. The van der Waals surface area contributed by atoms with E-state index in [1.54, 1.807) is 0 Å². The molecule has 6 heteroatoms. The summed E-state index contributed by atoms with van der Waals surface area (Å²) in [6, 6.07) is -0.210. The van der Waals surface area contributed by atoms with Crippen LogP contribution in [0.15, 0.2) is 16.5 Å². The molecule has 5 nitrogen and oxygen atoms in total. The summed E-state index contributed by atoms with van der Waals surface area (Å²) in [5.41, 5.74) is 4.78. The Labute approximate surface area is 73.5 Å². The third-order valence-electron chi connectivity index (χ3n) is 1.60. The van der Waals surface area contributed by atoms with Crippen LogP contribution in [0.1, 0.15) is 18.7 Å². The number of hydrogen-bond donors (Lipinski definition) is 2. The zero-order valence-corrected chi connectivity index (χ0v) is 6.90. The lowest BCUT2D eigenvalue weighted by Gasteiger charge is -2.17. The fraction of sp³-hybridized carbons (Fsp3) is 0.286. The van der Waals surface area contributed by atoms with E-state index in [4.69, 9.17) is 10.9 Å². The molecule has 0 fully saturated rings. The number of carbonyl (C=O) groups is 1. The van der Waals surface area contributed by atoms with E-state index in [0.717, 1.165) is 6.07 Å². The second-order valence-corrected chi connectivity index (χ2v) is 2.50. The highest BCUT2D eigenvalue weighted by Gasteiger charge is 2.20. The van der Waals surface area contributed by atoms with Gasteiger partial charge in [0, 0.05) is 6.07 Å². The van der Waals surface area contributed by atoms with Crippen molar-refractivity contribution in [2.45, 2.75) is 13.0 Å². The number of urea groups is 1. The van der Waals surface area contributed by atoms with Gasteiger partial charge in [0.05, 0.1) is 0 Å². The Balaban J connectivity index is 2.78. The van der Waals surface area contributed by atoms with Crippen molar-refractivity contribution in [3.05, 3.63) is 23.9 Å². The van der Waals surface area contributed by atoms with Crippen LogP contribution in [0, 0.1) is 6.01 Å². The number of rotatable bonds is 2. The maximum absolute atomic E-state index is 12.4. The standard InChI is InChI=1S/C7H9FN2O3/c1-4(10(12)7(9)11)5-2-3-6(8)13-5/h2-4,12H,1H3,(H2,9,11). The molecule has 3 N–H and O–H groups in total. The van der Waals surface area contributed by atoms with E-state index < -0.39 is 18.1 Å². The van der Waals surface area contributed by atoms with Crippen molar-refractivity contribution in [1.29, 1.82) is 0 Å². The maximum atomic E-state index is 12.4. The van der Waals surface area contributed by atoms with Crippen molar-refractivity contribution in [3.8, 4) is 0 Å². The van der Waals surface area contributed by atoms with Crippen molar-refractivity contribution < 1.29 is 18.8 Å². The Morgan fingerprint density at radius 3 is 2.77 bits per heavy atom. The van der Waals surface area contributed by atoms with E-state index in [9.17, 15) is 9.18 Å². The second-order valence-electron chi connectivity index (χ2n) is 2.50. The molecule has 0 saturated heterocycles. The van der Waals surface area contributed by atoms with Gasteiger partial charge in [-0.3, -0.25) is 5.21 Å². The summed E-state index contributed by atoms with van der Waals surface area (Å²) in [4.78, 5) is 10.5. The van der Waals surface area contributed by atoms with Gasteiger partial charge in [0.25, 0.3) is 6.01 Å². The lowest BCUT2D eigenvalue weighted by molar-refractivity contribution is -0.0769. The first kappa shape index (κ1) is 9.53.